The van der Waals surface area contributed by atoms with Crippen molar-refractivity contribution in [3.63, 3.8) is 0 Å². The molecule has 3 aliphatic rings. The highest BCUT2D eigenvalue weighted by Gasteiger charge is 2.44. The van der Waals surface area contributed by atoms with Crippen molar-refractivity contribution in [3.8, 4) is 27.8 Å². The highest BCUT2D eigenvalue weighted by molar-refractivity contribution is 7.13. The minimum absolute atomic E-state index is 0.0898. The lowest BCUT2D eigenvalue weighted by atomic mass is 9.99. The molecular formula is C28H25F3N4O6S. The summed E-state index contributed by atoms with van der Waals surface area (Å²) in [5.74, 6) is -0.235. The summed E-state index contributed by atoms with van der Waals surface area (Å²) in [5.41, 5.74) is 1.33. The maximum absolute atomic E-state index is 13.1. The Hall–Kier alpha value is -3.91. The summed E-state index contributed by atoms with van der Waals surface area (Å²) < 4.78 is 61.6. The van der Waals surface area contributed by atoms with Gasteiger partial charge in [-0.1, -0.05) is 22.4 Å². The van der Waals surface area contributed by atoms with Gasteiger partial charge in [-0.25, -0.2) is 4.79 Å². The first-order valence-corrected chi connectivity index (χ1v) is 14.5. The fourth-order valence-corrected chi connectivity index (χ4v) is 6.77. The molecule has 0 amide bonds. The first kappa shape index (κ1) is 27.0. The van der Waals surface area contributed by atoms with Crippen LogP contribution in [0, 0.1) is 0 Å². The van der Waals surface area contributed by atoms with Gasteiger partial charge < -0.3 is 28.4 Å². The van der Waals surface area contributed by atoms with Crippen molar-refractivity contribution in [2.24, 2.45) is 0 Å². The van der Waals surface area contributed by atoms with E-state index in [9.17, 15) is 23.1 Å². The summed E-state index contributed by atoms with van der Waals surface area (Å²) in [6.45, 7) is 0.157. The van der Waals surface area contributed by atoms with Gasteiger partial charge >= 0.3 is 18.3 Å². The second kappa shape index (κ2) is 10.4. The van der Waals surface area contributed by atoms with Gasteiger partial charge in [-0.2, -0.15) is 0 Å². The summed E-state index contributed by atoms with van der Waals surface area (Å²) in [7, 11) is 0. The number of piperidine rings is 1. The van der Waals surface area contributed by atoms with Gasteiger partial charge in [0.25, 0.3) is 5.89 Å². The summed E-state index contributed by atoms with van der Waals surface area (Å²) in [5, 5.41) is 23.3. The molecule has 14 heteroatoms. The molecule has 7 rings (SSSR count). The maximum atomic E-state index is 13.1. The fraction of sp³-hybridized carbons (Fsp3) is 0.429. The Morgan fingerprint density at radius 2 is 1.88 bits per heavy atom. The number of ether oxygens (including phenoxy) is 2. The Labute approximate surface area is 241 Å². The van der Waals surface area contributed by atoms with Gasteiger partial charge in [0.1, 0.15) is 17.2 Å². The van der Waals surface area contributed by atoms with Gasteiger partial charge in [-0.3, -0.25) is 0 Å². The predicted octanol–water partition coefficient (Wildman–Crippen LogP) is 6.64. The van der Waals surface area contributed by atoms with Crippen LogP contribution in [0.1, 0.15) is 66.1 Å². The van der Waals surface area contributed by atoms with E-state index in [4.69, 9.17) is 13.7 Å². The number of anilines is 1. The van der Waals surface area contributed by atoms with Gasteiger partial charge in [-0.15, -0.1) is 29.6 Å². The van der Waals surface area contributed by atoms with E-state index < -0.39 is 12.3 Å². The van der Waals surface area contributed by atoms with Gasteiger partial charge in [0.05, 0.1) is 23.2 Å². The number of benzene rings is 1. The number of fused-ring (bicyclic) bond motifs is 2. The van der Waals surface area contributed by atoms with Crippen molar-refractivity contribution in [1.82, 2.24) is 15.4 Å². The number of hydrogen-bond donors (Lipinski definition) is 1. The zero-order valence-electron chi connectivity index (χ0n) is 22.0. The largest absolute Gasteiger partial charge is 0.573 e. The van der Waals surface area contributed by atoms with Crippen molar-refractivity contribution in [1.29, 1.82) is 0 Å². The fourth-order valence-electron chi connectivity index (χ4n) is 5.97. The van der Waals surface area contributed by atoms with Gasteiger partial charge in [0.15, 0.2) is 0 Å². The molecule has 1 saturated carbocycles. The number of alkyl halides is 3. The van der Waals surface area contributed by atoms with Crippen LogP contribution in [0.4, 0.5) is 19.2 Å². The van der Waals surface area contributed by atoms with Crippen molar-refractivity contribution >= 4 is 23.3 Å². The van der Waals surface area contributed by atoms with Crippen LogP contribution in [0.15, 0.2) is 44.7 Å². The molecule has 42 heavy (non-hydrogen) atoms. The van der Waals surface area contributed by atoms with E-state index in [0.717, 1.165) is 25.7 Å². The Balaban J connectivity index is 1.07. The monoisotopic (exact) mass is 602 g/mol. The zero-order chi connectivity index (χ0) is 29.0. The Bertz CT molecular complexity index is 1600. The third-order valence-corrected chi connectivity index (χ3v) is 8.90. The molecule has 0 spiro atoms. The standard InChI is InChI=1S/C28H25F3N4O6S/c29-28(30,31)40-21-4-2-1-3-19(21)23-20(24(41-34-23)14-5-6-14)12-38-18-10-16-7-8-17(11-18)35(16)27-33-32-25(39-27)22-9-15(13-42-22)26(36)37/h1-4,9,13-14,16-18H,5-8,10-12H2,(H,36,37)/t16-,17+,18?. The minimum Gasteiger partial charge on any atom is -0.478 e. The first-order valence-electron chi connectivity index (χ1n) is 13.6. The number of halogens is 3. The van der Waals surface area contributed by atoms with Crippen molar-refractivity contribution in [2.45, 2.75) is 75.6 Å². The van der Waals surface area contributed by atoms with E-state index in [1.54, 1.807) is 6.07 Å². The molecule has 4 aromatic rings. The van der Waals surface area contributed by atoms with Gasteiger partial charge in [0.2, 0.25) is 0 Å². The summed E-state index contributed by atoms with van der Waals surface area (Å²) in [6, 6.07) is 8.06. The van der Waals surface area contributed by atoms with Crippen LogP contribution in [0.3, 0.4) is 0 Å². The van der Waals surface area contributed by atoms with Crippen LogP contribution >= 0.6 is 11.3 Å². The molecule has 0 radical (unpaired) electrons. The number of aromatic carboxylic acids is 1. The smallest absolute Gasteiger partial charge is 0.478 e. The third kappa shape index (κ3) is 5.24. The van der Waals surface area contributed by atoms with E-state index in [1.165, 1.54) is 41.0 Å². The summed E-state index contributed by atoms with van der Waals surface area (Å²) in [6.07, 6.45) is 0.213. The molecule has 3 atom stereocenters. The first-order chi connectivity index (χ1) is 20.2. The molecule has 3 fully saturated rings. The van der Waals surface area contributed by atoms with Crippen LogP contribution in [-0.4, -0.2) is 51.0 Å². The van der Waals surface area contributed by atoms with Crippen molar-refractivity contribution < 1.29 is 41.5 Å². The quantitative estimate of drug-likeness (QED) is 0.223. The number of thiophene rings is 1. The Morgan fingerprint density at radius 3 is 2.57 bits per heavy atom. The molecule has 10 nitrogen and oxygen atoms in total. The lowest BCUT2D eigenvalue weighted by molar-refractivity contribution is -0.274. The minimum atomic E-state index is -4.84. The molecule has 1 aromatic carbocycles. The average molecular weight is 603 g/mol. The van der Waals surface area contributed by atoms with Crippen LogP contribution in [0.25, 0.3) is 22.0 Å². The van der Waals surface area contributed by atoms with Crippen LogP contribution in [-0.2, 0) is 11.3 Å². The number of aromatic nitrogens is 3. The number of para-hydroxylation sites is 1. The average Bonchev–Trinajstić information content (AvgIpc) is 3.29. The number of hydrogen-bond acceptors (Lipinski definition) is 10. The molecule has 2 saturated heterocycles. The summed E-state index contributed by atoms with van der Waals surface area (Å²) in [4.78, 5) is 14.0. The molecule has 1 aliphatic carbocycles. The normalized spacial score (nSPS) is 22.1. The number of carboxylic acid groups (broad SMARTS) is 1. The van der Waals surface area contributed by atoms with Crippen LogP contribution in [0.5, 0.6) is 5.75 Å². The highest BCUT2D eigenvalue weighted by Crippen LogP contribution is 2.46. The highest BCUT2D eigenvalue weighted by atomic mass is 32.1. The molecule has 1 unspecified atom stereocenters. The molecule has 1 N–H and O–H groups in total. The summed E-state index contributed by atoms with van der Waals surface area (Å²) >= 11 is 1.23. The van der Waals surface area contributed by atoms with Crippen LogP contribution < -0.4 is 9.64 Å². The zero-order valence-corrected chi connectivity index (χ0v) is 22.9. The van der Waals surface area contributed by atoms with E-state index in [1.807, 2.05) is 0 Å². The van der Waals surface area contributed by atoms with Gasteiger partial charge in [0, 0.05) is 34.5 Å². The second-order valence-electron chi connectivity index (χ2n) is 10.8. The lowest BCUT2D eigenvalue weighted by Gasteiger charge is -2.37. The SMILES string of the molecule is O=C(O)c1csc(-c2nnc(N3[C@@H]4CC[C@H]3CC(OCc3c(-c5ccccc5OC(F)(F)F)noc3C3CC3)C4)o2)c1. The molecule has 2 bridgehead atoms. The second-order valence-corrected chi connectivity index (χ2v) is 11.7. The lowest BCUT2D eigenvalue weighted by Crippen LogP contribution is -2.45. The Kier molecular flexibility index (Phi) is 6.69. The molecular weight excluding hydrogens is 577 g/mol. The third-order valence-electron chi connectivity index (χ3n) is 7.98. The number of carboxylic acids is 1. The van der Waals surface area contributed by atoms with E-state index in [0.29, 0.717) is 40.8 Å². The molecule has 5 heterocycles. The maximum Gasteiger partial charge on any atom is 0.573 e. The predicted molar refractivity (Wildman–Crippen MR) is 142 cm³/mol. The van der Waals surface area contributed by atoms with E-state index >= 15 is 0 Å². The topological polar surface area (TPSA) is 124 Å². The number of nitrogens with zero attached hydrogens (tertiary/aromatic N) is 4. The van der Waals surface area contributed by atoms with Gasteiger partial charge in [-0.05, 0) is 56.7 Å². The molecule has 3 aromatic heterocycles. The molecule has 2 aliphatic heterocycles. The number of carbonyl (C=O) groups is 1. The Morgan fingerprint density at radius 1 is 1.12 bits per heavy atom. The number of rotatable bonds is 9. The molecule has 220 valence electrons. The van der Waals surface area contributed by atoms with E-state index in [-0.39, 0.29) is 53.5 Å². The van der Waals surface area contributed by atoms with E-state index in [2.05, 4.69) is 25.0 Å². The van der Waals surface area contributed by atoms with Crippen molar-refractivity contribution in [2.75, 3.05) is 4.90 Å². The van der Waals surface area contributed by atoms with Crippen LogP contribution in [0.2, 0.25) is 0 Å². The van der Waals surface area contributed by atoms with Crippen molar-refractivity contribution in [3.05, 3.63) is 52.6 Å².